The first kappa shape index (κ1) is 20.2. The molecular formula is C21H29N3O4. The number of likely N-dealkylation sites (tertiary alicyclic amines) is 2. The van der Waals surface area contributed by atoms with Crippen molar-refractivity contribution < 1.29 is 19.1 Å². The summed E-state index contributed by atoms with van der Waals surface area (Å²) in [6.45, 7) is 5.60. The molecule has 0 spiro atoms. The number of carbonyl (C=O) groups is 3. The molecule has 0 bridgehead atoms. The third-order valence-corrected chi connectivity index (χ3v) is 5.62. The smallest absolute Gasteiger partial charge is 0.257 e. The molecule has 2 aliphatic heterocycles. The van der Waals surface area contributed by atoms with Crippen molar-refractivity contribution in [1.29, 1.82) is 0 Å². The van der Waals surface area contributed by atoms with Crippen LogP contribution in [0.5, 0.6) is 5.75 Å². The van der Waals surface area contributed by atoms with Gasteiger partial charge < -0.3 is 19.9 Å². The van der Waals surface area contributed by atoms with Gasteiger partial charge in [0.2, 0.25) is 11.8 Å². The summed E-state index contributed by atoms with van der Waals surface area (Å²) in [7, 11) is 1.56. The first-order valence-electron chi connectivity index (χ1n) is 9.92. The zero-order valence-corrected chi connectivity index (χ0v) is 16.8. The van der Waals surface area contributed by atoms with Crippen LogP contribution in [0.2, 0.25) is 0 Å². The van der Waals surface area contributed by atoms with Crippen molar-refractivity contribution >= 4 is 17.7 Å². The fraction of sp³-hybridized carbons (Fsp3) is 0.571. The van der Waals surface area contributed by atoms with Crippen LogP contribution < -0.4 is 10.1 Å². The van der Waals surface area contributed by atoms with E-state index in [2.05, 4.69) is 5.32 Å². The Morgan fingerprint density at radius 1 is 1.18 bits per heavy atom. The summed E-state index contributed by atoms with van der Waals surface area (Å²) in [4.78, 5) is 40.9. The highest BCUT2D eigenvalue weighted by atomic mass is 16.5. The zero-order valence-electron chi connectivity index (χ0n) is 16.8. The summed E-state index contributed by atoms with van der Waals surface area (Å²) in [5.74, 6) is 0.251. The third kappa shape index (κ3) is 4.29. The van der Waals surface area contributed by atoms with Gasteiger partial charge >= 0.3 is 0 Å². The summed E-state index contributed by atoms with van der Waals surface area (Å²) in [5.41, 5.74) is 0.561. The van der Waals surface area contributed by atoms with Crippen LogP contribution in [0.3, 0.4) is 0 Å². The maximum absolute atomic E-state index is 12.8. The number of benzene rings is 1. The van der Waals surface area contributed by atoms with Gasteiger partial charge in [-0.15, -0.1) is 0 Å². The normalized spacial score (nSPS) is 20.6. The number of nitrogens with zero attached hydrogens (tertiary/aromatic N) is 2. The average Bonchev–Trinajstić information content (AvgIpc) is 3.10. The highest BCUT2D eigenvalue weighted by Gasteiger charge is 2.36. The van der Waals surface area contributed by atoms with E-state index in [-0.39, 0.29) is 42.1 Å². The molecule has 152 valence electrons. The van der Waals surface area contributed by atoms with Crippen LogP contribution in [0, 0.1) is 5.92 Å². The zero-order chi connectivity index (χ0) is 20.3. The number of hydrogen-bond acceptors (Lipinski definition) is 4. The molecule has 3 rings (SSSR count). The van der Waals surface area contributed by atoms with Crippen LogP contribution in [-0.4, -0.2) is 66.3 Å². The Hall–Kier alpha value is -2.57. The van der Waals surface area contributed by atoms with E-state index in [1.165, 1.54) is 0 Å². The topological polar surface area (TPSA) is 79.0 Å². The Kier molecular flexibility index (Phi) is 6.21. The molecule has 28 heavy (non-hydrogen) atoms. The number of hydrogen-bond donors (Lipinski definition) is 1. The van der Waals surface area contributed by atoms with Gasteiger partial charge in [-0.05, 0) is 38.8 Å². The minimum atomic E-state index is -0.275. The van der Waals surface area contributed by atoms with Crippen molar-refractivity contribution in [3.8, 4) is 5.75 Å². The van der Waals surface area contributed by atoms with E-state index in [9.17, 15) is 14.4 Å². The second-order valence-corrected chi connectivity index (χ2v) is 7.82. The molecule has 2 saturated heterocycles. The molecule has 2 fully saturated rings. The number of ether oxygens (including phenoxy) is 1. The highest BCUT2D eigenvalue weighted by Crippen LogP contribution is 2.23. The van der Waals surface area contributed by atoms with Crippen molar-refractivity contribution in [2.45, 2.75) is 45.2 Å². The molecule has 7 nitrogen and oxygen atoms in total. The lowest BCUT2D eigenvalue weighted by Crippen LogP contribution is -2.48. The van der Waals surface area contributed by atoms with Crippen molar-refractivity contribution in [3.63, 3.8) is 0 Å². The van der Waals surface area contributed by atoms with Crippen LogP contribution in [0.25, 0.3) is 0 Å². The van der Waals surface area contributed by atoms with Gasteiger partial charge in [0.05, 0.1) is 18.6 Å². The first-order valence-corrected chi connectivity index (χ1v) is 9.92. The van der Waals surface area contributed by atoms with E-state index in [0.717, 1.165) is 0 Å². The Morgan fingerprint density at radius 2 is 1.86 bits per heavy atom. The fourth-order valence-corrected chi connectivity index (χ4v) is 3.94. The lowest BCUT2D eigenvalue weighted by atomic mass is 10.0. The van der Waals surface area contributed by atoms with Gasteiger partial charge in [-0.25, -0.2) is 0 Å². The lowest BCUT2D eigenvalue weighted by molar-refractivity contribution is -0.130. The van der Waals surface area contributed by atoms with Crippen LogP contribution in [0.15, 0.2) is 24.3 Å². The largest absolute Gasteiger partial charge is 0.496 e. The Labute approximate surface area is 166 Å². The van der Waals surface area contributed by atoms with E-state index in [1.807, 2.05) is 26.0 Å². The average molecular weight is 387 g/mol. The van der Waals surface area contributed by atoms with Gasteiger partial charge in [0.25, 0.3) is 5.91 Å². The molecule has 0 aliphatic carbocycles. The van der Waals surface area contributed by atoms with Crippen LogP contribution >= 0.6 is 0 Å². The van der Waals surface area contributed by atoms with Gasteiger partial charge in [0, 0.05) is 38.1 Å². The minimum Gasteiger partial charge on any atom is -0.496 e. The van der Waals surface area contributed by atoms with Crippen molar-refractivity contribution in [3.05, 3.63) is 29.8 Å². The van der Waals surface area contributed by atoms with Crippen molar-refractivity contribution in [2.24, 2.45) is 5.92 Å². The molecule has 1 aromatic carbocycles. The molecule has 2 aliphatic rings. The molecule has 0 radical (unpaired) electrons. The van der Waals surface area contributed by atoms with E-state index >= 15 is 0 Å². The highest BCUT2D eigenvalue weighted by molar-refractivity contribution is 5.97. The fourth-order valence-electron chi connectivity index (χ4n) is 3.94. The maximum atomic E-state index is 12.8. The number of piperidine rings is 1. The van der Waals surface area contributed by atoms with Crippen LogP contribution in [0.1, 0.15) is 43.5 Å². The lowest BCUT2D eigenvalue weighted by Gasteiger charge is -2.33. The molecule has 1 unspecified atom stereocenters. The van der Waals surface area contributed by atoms with E-state index < -0.39 is 0 Å². The van der Waals surface area contributed by atoms with Crippen molar-refractivity contribution in [2.75, 3.05) is 26.7 Å². The number of amides is 3. The van der Waals surface area contributed by atoms with Gasteiger partial charge in [-0.3, -0.25) is 14.4 Å². The van der Waals surface area contributed by atoms with Crippen molar-refractivity contribution in [1.82, 2.24) is 15.1 Å². The standard InChI is InChI=1S/C21H29N3O4/c1-14(2)24-13-15(12-19(24)25)20(26)22-16-8-10-23(11-9-16)21(27)17-6-4-5-7-18(17)28-3/h4-7,14-16H,8-13H2,1-3H3,(H,22,26). The quantitative estimate of drug-likeness (QED) is 0.834. The number of nitrogens with one attached hydrogen (secondary N) is 1. The van der Waals surface area contributed by atoms with Crippen LogP contribution in [-0.2, 0) is 9.59 Å². The molecule has 2 heterocycles. The Morgan fingerprint density at radius 3 is 2.46 bits per heavy atom. The molecular weight excluding hydrogens is 358 g/mol. The van der Waals surface area contributed by atoms with Gasteiger partial charge in [-0.2, -0.15) is 0 Å². The predicted molar refractivity (Wildman–Crippen MR) is 105 cm³/mol. The number of para-hydroxylation sites is 1. The molecule has 1 aromatic rings. The number of rotatable bonds is 5. The first-order chi connectivity index (χ1) is 13.4. The van der Waals surface area contributed by atoms with E-state index in [4.69, 9.17) is 4.74 Å². The molecule has 7 heteroatoms. The second kappa shape index (κ2) is 8.63. The molecule has 1 atom stereocenters. The maximum Gasteiger partial charge on any atom is 0.257 e. The number of methoxy groups -OCH3 is 1. The predicted octanol–water partition coefficient (Wildman–Crippen LogP) is 1.67. The van der Waals surface area contributed by atoms with Gasteiger partial charge in [0.15, 0.2) is 0 Å². The van der Waals surface area contributed by atoms with E-state index in [0.29, 0.717) is 43.8 Å². The summed E-state index contributed by atoms with van der Waals surface area (Å²) >= 11 is 0. The second-order valence-electron chi connectivity index (χ2n) is 7.82. The molecule has 1 N–H and O–H groups in total. The molecule has 3 amide bonds. The van der Waals surface area contributed by atoms with Gasteiger partial charge in [0.1, 0.15) is 5.75 Å². The minimum absolute atomic E-state index is 0.0393. The number of carbonyl (C=O) groups excluding carboxylic acids is 3. The third-order valence-electron chi connectivity index (χ3n) is 5.62. The van der Waals surface area contributed by atoms with Gasteiger partial charge in [-0.1, -0.05) is 12.1 Å². The summed E-state index contributed by atoms with van der Waals surface area (Å²) in [5, 5.41) is 3.08. The Balaban J connectivity index is 1.51. The molecule has 0 aromatic heterocycles. The summed E-state index contributed by atoms with van der Waals surface area (Å²) < 4.78 is 5.29. The Bertz CT molecular complexity index is 741. The van der Waals surface area contributed by atoms with E-state index in [1.54, 1.807) is 29.0 Å². The summed E-state index contributed by atoms with van der Waals surface area (Å²) in [6, 6.07) is 7.38. The monoisotopic (exact) mass is 387 g/mol. The SMILES string of the molecule is COc1ccccc1C(=O)N1CCC(NC(=O)C2CC(=O)N(C(C)C)C2)CC1. The molecule has 0 saturated carbocycles. The summed E-state index contributed by atoms with van der Waals surface area (Å²) in [6.07, 6.45) is 1.71. The van der Waals surface area contributed by atoms with Crippen LogP contribution in [0.4, 0.5) is 0 Å².